The zero-order chi connectivity index (χ0) is 19.7. The molecule has 2 unspecified atom stereocenters. The minimum Gasteiger partial charge on any atom is -0.298 e. The lowest BCUT2D eigenvalue weighted by molar-refractivity contribution is -0.0575. The van der Waals surface area contributed by atoms with Crippen molar-refractivity contribution < 1.29 is 25.8 Å². The number of imidazole rings is 1. The van der Waals surface area contributed by atoms with Gasteiger partial charge >= 0.3 is 15.6 Å². The molecule has 10 heteroatoms. The summed E-state index contributed by atoms with van der Waals surface area (Å²) in [6, 6.07) is 7.24. The van der Waals surface area contributed by atoms with E-state index in [9.17, 15) is 21.6 Å². The van der Waals surface area contributed by atoms with Gasteiger partial charge in [0.15, 0.2) is 5.82 Å². The van der Waals surface area contributed by atoms with Crippen LogP contribution < -0.4 is 0 Å². The average molecular weight is 407 g/mol. The molecule has 0 bridgehead atoms. The molecular weight excluding hydrogens is 395 g/mol. The Morgan fingerprint density at radius 2 is 2.04 bits per heavy atom. The van der Waals surface area contributed by atoms with E-state index in [1.807, 2.05) is 18.2 Å². The zero-order valence-corrected chi connectivity index (χ0v) is 14.9. The molecule has 1 saturated carbocycles. The fourth-order valence-electron chi connectivity index (χ4n) is 3.64. The lowest BCUT2D eigenvalue weighted by Crippen LogP contribution is -2.34. The van der Waals surface area contributed by atoms with Gasteiger partial charge in [-0.1, -0.05) is 24.3 Å². The summed E-state index contributed by atoms with van der Waals surface area (Å²) in [5.41, 5.74) is -4.86. The number of halogens is 3. The molecule has 0 saturated heterocycles. The molecule has 2 aromatic rings. The topological polar surface area (TPSA) is 73.6 Å². The molecule has 2 aliphatic carbocycles. The van der Waals surface area contributed by atoms with E-state index in [0.29, 0.717) is 22.5 Å². The van der Waals surface area contributed by atoms with Crippen LogP contribution >= 0.6 is 0 Å². The van der Waals surface area contributed by atoms with E-state index < -0.39 is 27.1 Å². The van der Waals surface area contributed by atoms with Gasteiger partial charge in [-0.05, 0) is 18.6 Å². The molecule has 0 spiro atoms. The van der Waals surface area contributed by atoms with Crippen molar-refractivity contribution in [3.05, 3.63) is 59.6 Å². The van der Waals surface area contributed by atoms with Crippen LogP contribution in [-0.4, -0.2) is 35.3 Å². The maximum atomic E-state index is 12.9. The maximum absolute atomic E-state index is 12.9. The highest BCUT2D eigenvalue weighted by molar-refractivity contribution is 7.87. The number of rotatable bonds is 2. The van der Waals surface area contributed by atoms with Gasteiger partial charge in [0.25, 0.3) is 0 Å². The van der Waals surface area contributed by atoms with Crippen LogP contribution in [0.1, 0.15) is 12.2 Å². The molecule has 1 aromatic heterocycles. The van der Waals surface area contributed by atoms with Gasteiger partial charge in [-0.2, -0.15) is 21.6 Å². The van der Waals surface area contributed by atoms with Gasteiger partial charge in [-0.25, -0.2) is 4.98 Å². The van der Waals surface area contributed by atoms with Crippen molar-refractivity contribution in [3.8, 4) is 0 Å². The average Bonchev–Trinajstić information content (AvgIpc) is 3.20. The number of aromatic nitrogens is 2. The van der Waals surface area contributed by atoms with Crippen molar-refractivity contribution in [3.63, 3.8) is 0 Å². The maximum Gasteiger partial charge on any atom is 0.523 e. The van der Waals surface area contributed by atoms with Gasteiger partial charge in [0.05, 0.1) is 17.2 Å². The first kappa shape index (κ1) is 17.4. The second kappa shape index (κ2) is 5.42. The molecule has 1 fully saturated rings. The minimum atomic E-state index is -5.76. The van der Waals surface area contributed by atoms with Crippen molar-refractivity contribution in [1.29, 1.82) is 0 Å². The van der Waals surface area contributed by atoms with Crippen molar-refractivity contribution in [1.82, 2.24) is 9.55 Å². The van der Waals surface area contributed by atoms with Crippen LogP contribution in [0.15, 0.2) is 58.8 Å². The van der Waals surface area contributed by atoms with Crippen molar-refractivity contribution in [2.24, 2.45) is 10.9 Å². The second-order valence-electron chi connectivity index (χ2n) is 6.78. The fraction of sp³-hybridized carbons (Fsp3) is 0.222. The van der Waals surface area contributed by atoms with E-state index in [1.54, 1.807) is 29.0 Å². The Hall–Kier alpha value is -2.72. The first-order valence-corrected chi connectivity index (χ1v) is 9.75. The monoisotopic (exact) mass is 407 g/mol. The molecule has 0 radical (unpaired) electrons. The quantitative estimate of drug-likeness (QED) is 0.565. The molecule has 3 aliphatic rings. The number of allylic oxidation sites excluding steroid dienone is 1. The van der Waals surface area contributed by atoms with Gasteiger partial charge in [0.2, 0.25) is 0 Å². The van der Waals surface area contributed by atoms with E-state index in [2.05, 4.69) is 9.98 Å². The lowest BCUT2D eigenvalue weighted by Gasteiger charge is -2.25. The molecule has 2 atom stereocenters. The molecule has 1 aliphatic heterocycles. The molecule has 0 amide bonds. The minimum absolute atomic E-state index is 0.133. The van der Waals surface area contributed by atoms with Gasteiger partial charge in [-0.3, -0.25) is 13.7 Å². The van der Waals surface area contributed by atoms with E-state index in [0.717, 1.165) is 5.52 Å². The number of aliphatic imine (C=N–C) groups is 1. The number of benzene rings is 1. The van der Waals surface area contributed by atoms with Crippen molar-refractivity contribution >= 4 is 33.6 Å². The smallest absolute Gasteiger partial charge is 0.298 e. The number of fused-ring (bicyclic) bond motifs is 6. The Balaban J connectivity index is 1.70. The molecule has 2 heterocycles. The van der Waals surface area contributed by atoms with Crippen LogP contribution in [0, 0.1) is 5.92 Å². The van der Waals surface area contributed by atoms with Crippen LogP contribution in [0.5, 0.6) is 0 Å². The Kier molecular flexibility index (Phi) is 3.36. The summed E-state index contributed by atoms with van der Waals surface area (Å²) in [4.78, 5) is 8.64. The zero-order valence-electron chi connectivity index (χ0n) is 14.1. The third-order valence-corrected chi connectivity index (χ3v) is 6.15. The number of alkyl halides is 3. The SMILES string of the molecule is O=S(=O)(OC12CC1C=CC1=C/N=Cc3nc4ccccc4n3/C=C\12)C(F)(F)F. The number of nitrogens with zero attached hydrogens (tertiary/aromatic N) is 3. The first-order valence-electron chi connectivity index (χ1n) is 8.34. The van der Waals surface area contributed by atoms with Crippen LogP contribution in [0.3, 0.4) is 0 Å². The molecule has 5 rings (SSSR count). The summed E-state index contributed by atoms with van der Waals surface area (Å²) in [5.74, 6) is 0.0132. The summed E-state index contributed by atoms with van der Waals surface area (Å²) in [6.07, 6.45) is 8.09. The summed E-state index contributed by atoms with van der Waals surface area (Å²) >= 11 is 0. The summed E-state index contributed by atoms with van der Waals surface area (Å²) in [6.45, 7) is 0. The van der Waals surface area contributed by atoms with Crippen LogP contribution in [0.2, 0.25) is 0 Å². The Morgan fingerprint density at radius 1 is 1.25 bits per heavy atom. The molecule has 144 valence electrons. The summed E-state index contributed by atoms with van der Waals surface area (Å²) in [7, 11) is -5.76. The Morgan fingerprint density at radius 3 is 2.82 bits per heavy atom. The van der Waals surface area contributed by atoms with Gasteiger partial charge in [0, 0.05) is 29.5 Å². The van der Waals surface area contributed by atoms with E-state index in [4.69, 9.17) is 4.18 Å². The normalized spacial score (nSPS) is 29.6. The molecule has 0 N–H and O–H groups in total. The number of para-hydroxylation sites is 2. The molecule has 6 nitrogen and oxygen atoms in total. The standard InChI is InChI=1S/C18H12F3N3O3S/c19-18(20,21)28(25,26)27-17-7-12(17)6-5-11-8-22-9-16-23-14-3-1-2-4-15(14)24(16)10-13(11)17/h1-6,8-10,12H,7H2/b11-8-,13-10+,22-9?. The van der Waals surface area contributed by atoms with Gasteiger partial charge in [0.1, 0.15) is 5.60 Å². The number of hydrogen-bond donors (Lipinski definition) is 0. The first-order chi connectivity index (χ1) is 13.2. The third kappa shape index (κ3) is 2.41. The summed E-state index contributed by atoms with van der Waals surface area (Å²) < 4.78 is 68.7. The van der Waals surface area contributed by atoms with Crippen molar-refractivity contribution in [2.75, 3.05) is 0 Å². The fourth-order valence-corrected chi connectivity index (χ4v) is 4.41. The van der Waals surface area contributed by atoms with Crippen molar-refractivity contribution in [2.45, 2.75) is 17.5 Å². The molecule has 28 heavy (non-hydrogen) atoms. The highest BCUT2D eigenvalue weighted by Crippen LogP contribution is 2.59. The second-order valence-corrected chi connectivity index (χ2v) is 8.31. The van der Waals surface area contributed by atoms with E-state index in [1.165, 1.54) is 12.4 Å². The predicted octanol–water partition coefficient (Wildman–Crippen LogP) is 3.39. The lowest BCUT2D eigenvalue weighted by atomic mass is 9.93. The molecular formula is C18H12F3N3O3S. The van der Waals surface area contributed by atoms with Crippen LogP contribution in [-0.2, 0) is 14.3 Å². The summed E-state index contributed by atoms with van der Waals surface area (Å²) in [5, 5.41) is 0. The van der Waals surface area contributed by atoms with Gasteiger partial charge < -0.3 is 0 Å². The van der Waals surface area contributed by atoms with Crippen LogP contribution in [0.4, 0.5) is 13.2 Å². The Labute approximate surface area is 157 Å². The Bertz CT molecular complexity index is 1240. The van der Waals surface area contributed by atoms with Crippen LogP contribution in [0.25, 0.3) is 17.2 Å². The number of hydrogen-bond acceptors (Lipinski definition) is 5. The highest BCUT2D eigenvalue weighted by Gasteiger charge is 2.65. The highest BCUT2D eigenvalue weighted by atomic mass is 32.2. The van der Waals surface area contributed by atoms with E-state index in [-0.39, 0.29) is 6.42 Å². The third-order valence-electron chi connectivity index (χ3n) is 5.06. The largest absolute Gasteiger partial charge is 0.523 e. The van der Waals surface area contributed by atoms with Gasteiger partial charge in [-0.15, -0.1) is 0 Å². The molecule has 1 aromatic carbocycles. The predicted molar refractivity (Wildman–Crippen MR) is 95.7 cm³/mol. The van der Waals surface area contributed by atoms with E-state index >= 15 is 0 Å².